The van der Waals surface area contributed by atoms with E-state index >= 15 is 0 Å². The first-order chi connectivity index (χ1) is 9.39. The first-order valence-corrected chi connectivity index (χ1v) is 7.24. The Morgan fingerprint density at radius 2 is 1.70 bits per heavy atom. The number of esters is 1. The number of carbonyl (C=O) groups excluding carboxylic acids is 1. The number of carbonyl (C=O) groups is 1. The van der Waals surface area contributed by atoms with E-state index in [4.69, 9.17) is 20.9 Å². The summed E-state index contributed by atoms with van der Waals surface area (Å²) in [6.07, 6.45) is 0. The zero-order chi connectivity index (χ0) is 14.8. The Labute approximate surface area is 120 Å². The summed E-state index contributed by atoms with van der Waals surface area (Å²) in [6, 6.07) is 11.8. The standard InChI is InChI=1S/C13H9ClO5S/c14-10-7-4-8-11(20(16,17)18)12(10)19-13(15)9-5-2-1-3-6-9/h1-8H,(H,16,17,18). The third-order valence-corrected chi connectivity index (χ3v) is 3.59. The van der Waals surface area contributed by atoms with Crippen LogP contribution in [0.15, 0.2) is 53.4 Å². The van der Waals surface area contributed by atoms with Gasteiger partial charge in [-0.25, -0.2) is 4.79 Å². The molecule has 0 saturated carbocycles. The van der Waals surface area contributed by atoms with Crippen molar-refractivity contribution in [1.29, 1.82) is 0 Å². The summed E-state index contributed by atoms with van der Waals surface area (Å²) in [5.74, 6) is -1.17. The molecule has 0 fully saturated rings. The normalized spacial score (nSPS) is 11.1. The molecule has 2 aromatic carbocycles. The molecule has 2 rings (SSSR count). The smallest absolute Gasteiger partial charge is 0.343 e. The summed E-state index contributed by atoms with van der Waals surface area (Å²) >= 11 is 5.81. The maximum absolute atomic E-state index is 11.9. The Kier molecular flexibility index (Phi) is 4.08. The van der Waals surface area contributed by atoms with Crippen molar-refractivity contribution in [2.45, 2.75) is 4.90 Å². The van der Waals surface area contributed by atoms with Crippen LogP contribution in [0.5, 0.6) is 5.75 Å². The lowest BCUT2D eigenvalue weighted by Gasteiger charge is -2.09. The Bertz CT molecular complexity index is 741. The third kappa shape index (κ3) is 3.16. The quantitative estimate of drug-likeness (QED) is 0.535. The molecule has 0 spiro atoms. The molecule has 0 aliphatic rings. The number of benzene rings is 2. The molecule has 104 valence electrons. The fourth-order valence-electron chi connectivity index (χ4n) is 1.52. The van der Waals surface area contributed by atoms with Gasteiger partial charge in [-0.1, -0.05) is 35.9 Å². The Balaban J connectivity index is 2.42. The molecule has 2 aromatic rings. The van der Waals surface area contributed by atoms with E-state index in [1.807, 2.05) is 0 Å². The van der Waals surface area contributed by atoms with Crippen molar-refractivity contribution < 1.29 is 22.5 Å². The molecule has 0 heterocycles. The monoisotopic (exact) mass is 312 g/mol. The van der Waals surface area contributed by atoms with Gasteiger partial charge in [-0.2, -0.15) is 8.42 Å². The second kappa shape index (κ2) is 5.62. The first kappa shape index (κ1) is 14.5. The van der Waals surface area contributed by atoms with Gasteiger partial charge in [0.1, 0.15) is 4.90 Å². The van der Waals surface area contributed by atoms with Crippen molar-refractivity contribution in [1.82, 2.24) is 0 Å². The largest absolute Gasteiger partial charge is 0.420 e. The van der Waals surface area contributed by atoms with E-state index in [9.17, 15) is 13.2 Å². The number of ether oxygens (including phenoxy) is 1. The van der Waals surface area contributed by atoms with Crippen molar-refractivity contribution in [3.05, 3.63) is 59.1 Å². The molecule has 0 saturated heterocycles. The number of halogens is 1. The summed E-state index contributed by atoms with van der Waals surface area (Å²) < 4.78 is 36.5. The summed E-state index contributed by atoms with van der Waals surface area (Å²) in [7, 11) is -4.55. The van der Waals surface area contributed by atoms with Crippen LogP contribution >= 0.6 is 11.6 Å². The van der Waals surface area contributed by atoms with E-state index < -0.39 is 26.7 Å². The van der Waals surface area contributed by atoms with Crippen molar-refractivity contribution in [3.8, 4) is 5.75 Å². The van der Waals surface area contributed by atoms with Crippen LogP contribution in [0.25, 0.3) is 0 Å². The summed E-state index contributed by atoms with van der Waals surface area (Å²) in [5, 5.41) is -0.0931. The predicted octanol–water partition coefficient (Wildman–Crippen LogP) is 2.81. The van der Waals surface area contributed by atoms with Crippen LogP contribution in [0.4, 0.5) is 0 Å². The molecule has 5 nitrogen and oxygen atoms in total. The van der Waals surface area contributed by atoms with Gasteiger partial charge in [-0.15, -0.1) is 0 Å². The minimum atomic E-state index is -4.55. The molecule has 0 aliphatic heterocycles. The summed E-state index contributed by atoms with van der Waals surface area (Å²) in [4.78, 5) is 11.3. The van der Waals surface area contributed by atoms with Gasteiger partial charge in [0.15, 0.2) is 5.75 Å². The highest BCUT2D eigenvalue weighted by molar-refractivity contribution is 7.86. The Hall–Kier alpha value is -1.89. The molecule has 0 aliphatic carbocycles. The first-order valence-electron chi connectivity index (χ1n) is 5.43. The molecular weight excluding hydrogens is 304 g/mol. The van der Waals surface area contributed by atoms with Gasteiger partial charge in [-0.3, -0.25) is 4.55 Å². The number of hydrogen-bond donors (Lipinski definition) is 1. The Morgan fingerprint density at radius 3 is 2.30 bits per heavy atom. The van der Waals surface area contributed by atoms with Crippen molar-refractivity contribution >= 4 is 27.7 Å². The molecular formula is C13H9ClO5S. The van der Waals surface area contributed by atoms with Crippen LogP contribution in [0, 0.1) is 0 Å². The molecule has 1 N–H and O–H groups in total. The molecule has 0 aromatic heterocycles. The number of hydrogen-bond acceptors (Lipinski definition) is 4. The fourth-order valence-corrected chi connectivity index (χ4v) is 2.42. The highest BCUT2D eigenvalue weighted by atomic mass is 35.5. The van der Waals surface area contributed by atoms with Crippen LogP contribution in [-0.4, -0.2) is 18.9 Å². The van der Waals surface area contributed by atoms with Crippen LogP contribution in [0.3, 0.4) is 0 Å². The molecule has 0 unspecified atom stereocenters. The van der Waals surface area contributed by atoms with E-state index in [0.717, 1.165) is 6.07 Å². The van der Waals surface area contributed by atoms with Gasteiger partial charge < -0.3 is 4.74 Å². The summed E-state index contributed by atoms with van der Waals surface area (Å²) in [5.41, 5.74) is 0.230. The van der Waals surface area contributed by atoms with Crippen molar-refractivity contribution in [3.63, 3.8) is 0 Å². The average molecular weight is 313 g/mol. The molecule has 0 radical (unpaired) electrons. The van der Waals surface area contributed by atoms with E-state index in [0.29, 0.717) is 0 Å². The molecule has 7 heteroatoms. The lowest BCUT2D eigenvalue weighted by molar-refractivity contribution is 0.0730. The minimum Gasteiger partial charge on any atom is -0.420 e. The van der Waals surface area contributed by atoms with Gasteiger partial charge in [0.05, 0.1) is 10.6 Å². The van der Waals surface area contributed by atoms with Crippen LogP contribution in [0.2, 0.25) is 5.02 Å². The fraction of sp³-hybridized carbons (Fsp3) is 0. The van der Waals surface area contributed by atoms with Crippen LogP contribution in [-0.2, 0) is 10.1 Å². The maximum atomic E-state index is 11.9. The van der Waals surface area contributed by atoms with E-state index in [1.165, 1.54) is 24.3 Å². The minimum absolute atomic E-state index is 0.0931. The Morgan fingerprint density at radius 1 is 1.05 bits per heavy atom. The number of rotatable bonds is 3. The predicted molar refractivity (Wildman–Crippen MR) is 72.7 cm³/mol. The highest BCUT2D eigenvalue weighted by Crippen LogP contribution is 2.32. The third-order valence-electron chi connectivity index (χ3n) is 2.41. The second-order valence-corrected chi connectivity index (χ2v) is 5.59. The van der Waals surface area contributed by atoms with Crippen LogP contribution in [0.1, 0.15) is 10.4 Å². The van der Waals surface area contributed by atoms with Crippen molar-refractivity contribution in [2.24, 2.45) is 0 Å². The summed E-state index contributed by atoms with van der Waals surface area (Å²) in [6.45, 7) is 0. The van der Waals surface area contributed by atoms with Crippen LogP contribution < -0.4 is 4.74 Å². The molecule has 20 heavy (non-hydrogen) atoms. The second-order valence-electron chi connectivity index (χ2n) is 3.80. The SMILES string of the molecule is O=C(Oc1c(Cl)cccc1S(=O)(=O)O)c1ccccc1. The lowest BCUT2D eigenvalue weighted by atomic mass is 10.2. The van der Waals surface area contributed by atoms with Gasteiger partial charge in [0.2, 0.25) is 0 Å². The lowest BCUT2D eigenvalue weighted by Crippen LogP contribution is -2.11. The molecule has 0 bridgehead atoms. The number of para-hydroxylation sites is 1. The van der Waals surface area contributed by atoms with Crippen molar-refractivity contribution in [2.75, 3.05) is 0 Å². The zero-order valence-electron chi connectivity index (χ0n) is 9.99. The highest BCUT2D eigenvalue weighted by Gasteiger charge is 2.22. The molecule has 0 atom stereocenters. The van der Waals surface area contributed by atoms with Gasteiger partial charge in [0, 0.05) is 0 Å². The van der Waals surface area contributed by atoms with E-state index in [-0.39, 0.29) is 10.6 Å². The maximum Gasteiger partial charge on any atom is 0.343 e. The topological polar surface area (TPSA) is 80.7 Å². The average Bonchev–Trinajstić information content (AvgIpc) is 2.40. The van der Waals surface area contributed by atoms with E-state index in [2.05, 4.69) is 0 Å². The van der Waals surface area contributed by atoms with Gasteiger partial charge in [0.25, 0.3) is 10.1 Å². The van der Waals surface area contributed by atoms with Gasteiger partial charge in [-0.05, 0) is 24.3 Å². The molecule has 0 amide bonds. The zero-order valence-corrected chi connectivity index (χ0v) is 11.6. The van der Waals surface area contributed by atoms with Gasteiger partial charge >= 0.3 is 5.97 Å². The van der Waals surface area contributed by atoms with E-state index in [1.54, 1.807) is 18.2 Å².